The summed E-state index contributed by atoms with van der Waals surface area (Å²) in [6, 6.07) is 12.0. The molecule has 4 atom stereocenters. The Labute approximate surface area is 179 Å². The van der Waals surface area contributed by atoms with E-state index in [1.54, 1.807) is 36.4 Å². The molecule has 30 heavy (non-hydrogen) atoms. The zero-order valence-corrected chi connectivity index (χ0v) is 17.4. The van der Waals surface area contributed by atoms with E-state index in [4.69, 9.17) is 11.6 Å². The van der Waals surface area contributed by atoms with Crippen LogP contribution in [0.25, 0.3) is 0 Å². The van der Waals surface area contributed by atoms with Gasteiger partial charge in [0.1, 0.15) is 0 Å². The summed E-state index contributed by atoms with van der Waals surface area (Å²) in [5.41, 5.74) is 3.56. The van der Waals surface area contributed by atoms with E-state index in [2.05, 4.69) is 11.4 Å². The molecule has 2 aromatic carbocycles. The van der Waals surface area contributed by atoms with Crippen molar-refractivity contribution in [3.8, 4) is 0 Å². The molecule has 1 saturated carbocycles. The first-order valence-corrected chi connectivity index (χ1v) is 10.5. The molecule has 1 N–H and O–H groups in total. The van der Waals surface area contributed by atoms with Crippen LogP contribution in [0.5, 0.6) is 0 Å². The molecule has 1 saturated heterocycles. The maximum absolute atomic E-state index is 13.2. The van der Waals surface area contributed by atoms with Crippen molar-refractivity contribution in [3.63, 3.8) is 0 Å². The molecule has 0 spiro atoms. The maximum atomic E-state index is 13.2. The number of anilines is 2. The fourth-order valence-corrected chi connectivity index (χ4v) is 5.41. The highest BCUT2D eigenvalue weighted by Crippen LogP contribution is 2.55. The minimum Gasteiger partial charge on any atom is -0.322 e. The van der Waals surface area contributed by atoms with E-state index in [9.17, 15) is 14.4 Å². The van der Waals surface area contributed by atoms with E-state index < -0.39 is 0 Å². The molecule has 5 nitrogen and oxygen atoms in total. The highest BCUT2D eigenvalue weighted by molar-refractivity contribution is 6.31. The van der Waals surface area contributed by atoms with Gasteiger partial charge in [-0.15, -0.1) is 0 Å². The van der Waals surface area contributed by atoms with Crippen molar-refractivity contribution in [2.75, 3.05) is 10.2 Å². The first kappa shape index (κ1) is 19.1. The van der Waals surface area contributed by atoms with Crippen LogP contribution < -0.4 is 10.2 Å². The van der Waals surface area contributed by atoms with Gasteiger partial charge in [-0.3, -0.25) is 14.4 Å². The summed E-state index contributed by atoms with van der Waals surface area (Å²) in [7, 11) is 0. The predicted octanol–water partition coefficient (Wildman–Crippen LogP) is 4.60. The Hall–Kier alpha value is -2.92. The molecule has 2 aliphatic carbocycles. The Morgan fingerprint density at radius 1 is 1.07 bits per heavy atom. The van der Waals surface area contributed by atoms with E-state index >= 15 is 0 Å². The van der Waals surface area contributed by atoms with Gasteiger partial charge >= 0.3 is 0 Å². The smallest absolute Gasteiger partial charge is 0.255 e. The zero-order valence-electron chi connectivity index (χ0n) is 16.7. The summed E-state index contributed by atoms with van der Waals surface area (Å²) in [5, 5.41) is 3.39. The van der Waals surface area contributed by atoms with E-state index in [1.807, 2.05) is 19.9 Å². The molecule has 3 amide bonds. The van der Waals surface area contributed by atoms with Crippen LogP contribution in [-0.4, -0.2) is 17.7 Å². The van der Waals surface area contributed by atoms with Gasteiger partial charge < -0.3 is 5.32 Å². The van der Waals surface area contributed by atoms with Gasteiger partial charge in [0.2, 0.25) is 11.8 Å². The van der Waals surface area contributed by atoms with Crippen LogP contribution in [0.3, 0.4) is 0 Å². The first-order valence-electron chi connectivity index (χ1n) is 10.1. The van der Waals surface area contributed by atoms with Gasteiger partial charge in [0.25, 0.3) is 5.91 Å². The minimum atomic E-state index is -0.320. The lowest BCUT2D eigenvalue weighted by Gasteiger charge is -2.19. The number of nitrogens with one attached hydrogen (secondary N) is 1. The van der Waals surface area contributed by atoms with Crippen LogP contribution in [-0.2, 0) is 9.59 Å². The van der Waals surface area contributed by atoms with Crippen molar-refractivity contribution in [1.29, 1.82) is 0 Å². The number of hydrogen-bond donors (Lipinski definition) is 1. The van der Waals surface area contributed by atoms with Gasteiger partial charge in [-0.1, -0.05) is 35.4 Å². The number of carbonyl (C=O) groups excluding carboxylic acids is 3. The van der Waals surface area contributed by atoms with E-state index in [-0.39, 0.29) is 41.4 Å². The number of rotatable bonds is 3. The van der Waals surface area contributed by atoms with Crippen molar-refractivity contribution in [2.45, 2.75) is 20.3 Å². The van der Waals surface area contributed by atoms with Crippen LogP contribution in [0.15, 0.2) is 54.1 Å². The standard InChI is InChI=1S/C24H21ClN2O3/c1-12-6-7-16(25)11-19(12)26-22(28)14-4-3-5-17(9-14)27-23(29)20-15-8-13(2)18(10-15)21(20)24(27)30/h3-9,11,15,18,20-21H,10H2,1-2H3,(H,26,28)/t15-,18-,20+,21+/m1/s1. The van der Waals surface area contributed by atoms with Gasteiger partial charge in [-0.25, -0.2) is 4.90 Å². The summed E-state index contributed by atoms with van der Waals surface area (Å²) in [4.78, 5) is 40.3. The number of carbonyl (C=O) groups is 3. The Morgan fingerprint density at radius 3 is 2.63 bits per heavy atom. The largest absolute Gasteiger partial charge is 0.322 e. The van der Waals surface area contributed by atoms with Gasteiger partial charge in [0.05, 0.1) is 17.5 Å². The fourth-order valence-electron chi connectivity index (χ4n) is 5.24. The molecule has 0 radical (unpaired) electrons. The number of allylic oxidation sites excluding steroid dienone is 2. The normalized spacial score (nSPS) is 26.8. The predicted molar refractivity (Wildman–Crippen MR) is 115 cm³/mol. The van der Waals surface area contributed by atoms with Gasteiger partial charge in [-0.2, -0.15) is 0 Å². The number of nitrogens with zero attached hydrogens (tertiary/aromatic N) is 1. The molecule has 0 aromatic heterocycles. The topological polar surface area (TPSA) is 66.5 Å². The van der Waals surface area contributed by atoms with Crippen LogP contribution in [0.2, 0.25) is 5.02 Å². The molecule has 1 aliphatic heterocycles. The number of benzene rings is 2. The van der Waals surface area contributed by atoms with Gasteiger partial charge in [-0.05, 0) is 68.0 Å². The molecule has 2 aromatic rings. The average Bonchev–Trinajstić information content (AvgIpc) is 3.35. The lowest BCUT2D eigenvalue weighted by Crippen LogP contribution is -2.33. The monoisotopic (exact) mass is 420 g/mol. The lowest BCUT2D eigenvalue weighted by molar-refractivity contribution is -0.123. The van der Waals surface area contributed by atoms with Crippen molar-refractivity contribution in [3.05, 3.63) is 70.3 Å². The fraction of sp³-hybridized carbons (Fsp3) is 0.292. The van der Waals surface area contributed by atoms with Gasteiger partial charge in [0, 0.05) is 16.3 Å². The molecule has 5 rings (SSSR count). The summed E-state index contributed by atoms with van der Waals surface area (Å²) in [6.45, 7) is 3.93. The summed E-state index contributed by atoms with van der Waals surface area (Å²) < 4.78 is 0. The lowest BCUT2D eigenvalue weighted by atomic mass is 9.82. The van der Waals surface area contributed by atoms with Crippen molar-refractivity contribution in [1.82, 2.24) is 0 Å². The highest BCUT2D eigenvalue weighted by Gasteiger charge is 2.60. The zero-order chi connectivity index (χ0) is 21.2. The highest BCUT2D eigenvalue weighted by atomic mass is 35.5. The SMILES string of the molecule is CC1=C[C@@H]2C[C@H]1[C@@H]1C(=O)N(c3cccc(C(=O)Nc4cc(Cl)ccc4C)c3)C(=O)[C@H]12. The molecule has 6 heteroatoms. The number of halogens is 1. The Bertz CT molecular complexity index is 1140. The molecule has 0 unspecified atom stereocenters. The second-order valence-corrected chi connectivity index (χ2v) is 8.88. The third-order valence-electron chi connectivity index (χ3n) is 6.70. The van der Waals surface area contributed by atoms with Crippen LogP contribution in [0, 0.1) is 30.6 Å². The summed E-state index contributed by atoms with van der Waals surface area (Å²) >= 11 is 6.04. The minimum absolute atomic E-state index is 0.145. The quantitative estimate of drug-likeness (QED) is 0.582. The average molecular weight is 421 g/mol. The third kappa shape index (κ3) is 2.80. The molecular formula is C24H21ClN2O3. The molecule has 2 bridgehead atoms. The number of amides is 3. The van der Waals surface area contributed by atoms with Crippen LogP contribution in [0.4, 0.5) is 11.4 Å². The van der Waals surface area contributed by atoms with Crippen molar-refractivity contribution >= 4 is 40.7 Å². The number of aryl methyl sites for hydroxylation is 1. The maximum Gasteiger partial charge on any atom is 0.255 e. The number of imide groups is 1. The van der Waals surface area contributed by atoms with Crippen LogP contribution >= 0.6 is 11.6 Å². The molecule has 1 heterocycles. The van der Waals surface area contributed by atoms with E-state index in [0.717, 1.165) is 12.0 Å². The van der Waals surface area contributed by atoms with Gasteiger partial charge in [0.15, 0.2) is 0 Å². The molecule has 152 valence electrons. The molecule has 2 fully saturated rings. The Kier molecular flexibility index (Phi) is 4.33. The van der Waals surface area contributed by atoms with E-state index in [0.29, 0.717) is 22.0 Å². The summed E-state index contributed by atoms with van der Waals surface area (Å²) in [5.74, 6) is -0.828. The molecule has 3 aliphatic rings. The van der Waals surface area contributed by atoms with Crippen molar-refractivity contribution < 1.29 is 14.4 Å². The number of hydrogen-bond acceptors (Lipinski definition) is 3. The Balaban J connectivity index is 1.42. The van der Waals surface area contributed by atoms with Crippen LogP contribution in [0.1, 0.15) is 29.3 Å². The second-order valence-electron chi connectivity index (χ2n) is 8.44. The van der Waals surface area contributed by atoms with E-state index in [1.165, 1.54) is 10.5 Å². The second kappa shape index (κ2) is 6.81. The number of fused-ring (bicyclic) bond motifs is 5. The molecular weight excluding hydrogens is 400 g/mol. The third-order valence-corrected chi connectivity index (χ3v) is 6.93. The Morgan fingerprint density at radius 2 is 1.83 bits per heavy atom. The van der Waals surface area contributed by atoms with Crippen molar-refractivity contribution in [2.24, 2.45) is 23.7 Å². The first-order chi connectivity index (χ1) is 14.3. The summed E-state index contributed by atoms with van der Waals surface area (Å²) in [6.07, 6.45) is 3.05.